The molecule has 0 aliphatic heterocycles. The molecule has 1 amide bonds. The Kier molecular flexibility index (Phi) is 9.55. The van der Waals surface area contributed by atoms with E-state index in [1.54, 1.807) is 0 Å². The lowest BCUT2D eigenvalue weighted by Gasteiger charge is -2.12. The Morgan fingerprint density at radius 3 is 2.33 bits per heavy atom. The Hall–Kier alpha value is -1.35. The maximum absolute atomic E-state index is 11.7. The highest BCUT2D eigenvalue weighted by Gasteiger charge is 2.08. The maximum atomic E-state index is 11.7. The number of nitrogens with one attached hydrogen (secondary N) is 1. The van der Waals surface area contributed by atoms with Gasteiger partial charge in [-0.3, -0.25) is 4.79 Å². The number of aliphatic hydroxyl groups excluding tert-OH is 1. The fraction of sp³-hybridized carbons (Fsp3) is 0.611. The number of aliphatic hydroxyl groups is 1. The van der Waals surface area contributed by atoms with Crippen molar-refractivity contribution in [1.29, 1.82) is 0 Å². The molecule has 1 unspecified atom stereocenters. The summed E-state index contributed by atoms with van der Waals surface area (Å²) in [4.78, 5) is 11.7. The highest BCUT2D eigenvalue weighted by molar-refractivity contribution is 5.75. The van der Waals surface area contributed by atoms with Crippen LogP contribution in [0, 0.1) is 0 Å². The Labute approximate surface area is 128 Å². The molecule has 1 atom stereocenters. The van der Waals surface area contributed by atoms with Crippen molar-refractivity contribution in [3.05, 3.63) is 35.9 Å². The Morgan fingerprint density at radius 2 is 1.67 bits per heavy atom. The SMILES string of the molecule is CCCCCCCCCC(=O)NCC(O)c1ccccc1. The van der Waals surface area contributed by atoms with Crippen molar-refractivity contribution in [3.8, 4) is 0 Å². The van der Waals surface area contributed by atoms with Gasteiger partial charge in [-0.15, -0.1) is 0 Å². The topological polar surface area (TPSA) is 49.3 Å². The molecule has 0 saturated carbocycles. The lowest BCUT2D eigenvalue weighted by molar-refractivity contribution is -0.121. The normalized spacial score (nSPS) is 12.1. The molecule has 1 aromatic carbocycles. The van der Waals surface area contributed by atoms with Crippen LogP contribution in [0.2, 0.25) is 0 Å². The van der Waals surface area contributed by atoms with Crippen LogP contribution in [-0.2, 0) is 4.79 Å². The number of benzene rings is 1. The van der Waals surface area contributed by atoms with E-state index in [1.165, 1.54) is 32.1 Å². The highest BCUT2D eigenvalue weighted by atomic mass is 16.3. The summed E-state index contributed by atoms with van der Waals surface area (Å²) < 4.78 is 0. The molecule has 0 heterocycles. The molecule has 1 aromatic rings. The number of amides is 1. The molecular weight excluding hydrogens is 262 g/mol. The first-order valence-electron chi connectivity index (χ1n) is 8.23. The Morgan fingerprint density at radius 1 is 1.05 bits per heavy atom. The van der Waals surface area contributed by atoms with E-state index in [9.17, 15) is 9.90 Å². The second-order valence-electron chi connectivity index (χ2n) is 5.60. The molecule has 0 bridgehead atoms. The fourth-order valence-electron chi connectivity index (χ4n) is 2.33. The minimum absolute atomic E-state index is 0.0403. The predicted molar refractivity (Wildman–Crippen MR) is 87.0 cm³/mol. The highest BCUT2D eigenvalue weighted by Crippen LogP contribution is 2.11. The zero-order valence-electron chi connectivity index (χ0n) is 13.2. The van der Waals surface area contributed by atoms with E-state index in [0.717, 1.165) is 18.4 Å². The number of hydrogen-bond acceptors (Lipinski definition) is 2. The predicted octanol–water partition coefficient (Wildman–Crippen LogP) is 3.98. The Balaban J connectivity index is 2.03. The van der Waals surface area contributed by atoms with Gasteiger partial charge in [-0.05, 0) is 12.0 Å². The first-order valence-corrected chi connectivity index (χ1v) is 8.23. The molecule has 0 aliphatic carbocycles. The summed E-state index contributed by atoms with van der Waals surface area (Å²) in [6, 6.07) is 9.42. The zero-order chi connectivity index (χ0) is 15.3. The van der Waals surface area contributed by atoms with Gasteiger partial charge in [0.15, 0.2) is 0 Å². The largest absolute Gasteiger partial charge is 0.387 e. The lowest BCUT2D eigenvalue weighted by atomic mass is 10.1. The fourth-order valence-corrected chi connectivity index (χ4v) is 2.33. The van der Waals surface area contributed by atoms with E-state index in [2.05, 4.69) is 12.2 Å². The molecule has 0 spiro atoms. The minimum atomic E-state index is -0.621. The molecule has 2 N–H and O–H groups in total. The van der Waals surface area contributed by atoms with E-state index >= 15 is 0 Å². The molecule has 1 rings (SSSR count). The lowest BCUT2D eigenvalue weighted by Crippen LogP contribution is -2.28. The third-order valence-electron chi connectivity index (χ3n) is 3.68. The standard InChI is InChI=1S/C18H29NO2/c1-2-3-4-5-6-7-11-14-18(21)19-15-17(20)16-12-9-8-10-13-16/h8-10,12-13,17,20H,2-7,11,14-15H2,1H3,(H,19,21). The number of rotatable bonds is 11. The third-order valence-corrected chi connectivity index (χ3v) is 3.68. The summed E-state index contributed by atoms with van der Waals surface area (Å²) in [6.45, 7) is 2.51. The van der Waals surface area contributed by atoms with Gasteiger partial charge in [0.05, 0.1) is 6.10 Å². The van der Waals surface area contributed by atoms with E-state index < -0.39 is 6.10 Å². The number of carbonyl (C=O) groups is 1. The van der Waals surface area contributed by atoms with Crippen molar-refractivity contribution in [3.63, 3.8) is 0 Å². The van der Waals surface area contributed by atoms with Gasteiger partial charge in [-0.2, -0.15) is 0 Å². The molecule has 0 radical (unpaired) electrons. The molecule has 0 saturated heterocycles. The smallest absolute Gasteiger partial charge is 0.220 e. The van der Waals surface area contributed by atoms with Gasteiger partial charge in [0.25, 0.3) is 0 Å². The second-order valence-corrected chi connectivity index (χ2v) is 5.60. The van der Waals surface area contributed by atoms with Gasteiger partial charge in [0.2, 0.25) is 5.91 Å². The van der Waals surface area contributed by atoms with Gasteiger partial charge in [-0.1, -0.05) is 75.8 Å². The zero-order valence-corrected chi connectivity index (χ0v) is 13.2. The van der Waals surface area contributed by atoms with Gasteiger partial charge in [0.1, 0.15) is 0 Å². The van der Waals surface area contributed by atoms with Crippen LogP contribution in [0.15, 0.2) is 30.3 Å². The number of unbranched alkanes of at least 4 members (excludes halogenated alkanes) is 6. The van der Waals surface area contributed by atoms with Crippen LogP contribution in [-0.4, -0.2) is 17.6 Å². The maximum Gasteiger partial charge on any atom is 0.220 e. The van der Waals surface area contributed by atoms with Crippen molar-refractivity contribution < 1.29 is 9.90 Å². The summed E-state index contributed by atoms with van der Waals surface area (Å²) in [6.07, 6.45) is 8.41. The van der Waals surface area contributed by atoms with E-state index in [-0.39, 0.29) is 5.91 Å². The first kappa shape index (κ1) is 17.7. The molecule has 0 aromatic heterocycles. The van der Waals surface area contributed by atoms with Crippen LogP contribution in [0.4, 0.5) is 0 Å². The number of hydrogen-bond donors (Lipinski definition) is 2. The van der Waals surface area contributed by atoms with Gasteiger partial charge in [0, 0.05) is 13.0 Å². The molecule has 3 nitrogen and oxygen atoms in total. The number of carbonyl (C=O) groups excluding carboxylic acids is 1. The average molecular weight is 291 g/mol. The van der Waals surface area contributed by atoms with Gasteiger partial charge in [-0.25, -0.2) is 0 Å². The van der Waals surface area contributed by atoms with Gasteiger partial charge < -0.3 is 10.4 Å². The quantitative estimate of drug-likeness (QED) is 0.606. The van der Waals surface area contributed by atoms with E-state index in [0.29, 0.717) is 13.0 Å². The monoisotopic (exact) mass is 291 g/mol. The van der Waals surface area contributed by atoms with Crippen molar-refractivity contribution in [2.75, 3.05) is 6.54 Å². The average Bonchev–Trinajstić information content (AvgIpc) is 2.52. The molecule has 118 valence electrons. The summed E-state index contributed by atoms with van der Waals surface area (Å²) in [7, 11) is 0. The van der Waals surface area contributed by atoms with Crippen LogP contribution in [0.1, 0.15) is 70.0 Å². The Bertz CT molecular complexity index is 378. The van der Waals surface area contributed by atoms with Crippen molar-refractivity contribution >= 4 is 5.91 Å². The first-order chi connectivity index (χ1) is 10.2. The van der Waals surface area contributed by atoms with Crippen LogP contribution in [0.3, 0.4) is 0 Å². The van der Waals surface area contributed by atoms with Crippen molar-refractivity contribution in [1.82, 2.24) is 5.32 Å². The summed E-state index contributed by atoms with van der Waals surface area (Å²) in [5.41, 5.74) is 0.841. The van der Waals surface area contributed by atoms with Crippen LogP contribution < -0.4 is 5.32 Å². The van der Waals surface area contributed by atoms with Crippen molar-refractivity contribution in [2.24, 2.45) is 0 Å². The molecule has 3 heteroatoms. The van der Waals surface area contributed by atoms with Crippen LogP contribution >= 0.6 is 0 Å². The van der Waals surface area contributed by atoms with E-state index in [4.69, 9.17) is 0 Å². The van der Waals surface area contributed by atoms with Crippen LogP contribution in [0.25, 0.3) is 0 Å². The molecule has 0 aliphatic rings. The summed E-state index contributed by atoms with van der Waals surface area (Å²) in [5.74, 6) is 0.0403. The second kappa shape index (κ2) is 11.3. The third kappa shape index (κ3) is 8.51. The van der Waals surface area contributed by atoms with Gasteiger partial charge >= 0.3 is 0 Å². The van der Waals surface area contributed by atoms with E-state index in [1.807, 2.05) is 30.3 Å². The van der Waals surface area contributed by atoms with Crippen LogP contribution in [0.5, 0.6) is 0 Å². The molecule has 0 fully saturated rings. The molecular formula is C18H29NO2. The van der Waals surface area contributed by atoms with Crippen molar-refractivity contribution in [2.45, 2.75) is 64.4 Å². The summed E-state index contributed by atoms with van der Waals surface area (Å²) >= 11 is 0. The summed E-state index contributed by atoms with van der Waals surface area (Å²) in [5, 5.41) is 12.7. The molecule has 21 heavy (non-hydrogen) atoms. The minimum Gasteiger partial charge on any atom is -0.387 e.